The summed E-state index contributed by atoms with van der Waals surface area (Å²) in [4.78, 5) is 17.9. The second kappa shape index (κ2) is 8.09. The smallest absolute Gasteiger partial charge is 0.277 e. The highest BCUT2D eigenvalue weighted by Gasteiger charge is 2.18. The molecule has 4 rings (SSSR count). The largest absolute Gasteiger partial charge is 0.315 e. The number of aromatic nitrogens is 3. The Balaban J connectivity index is 0.00000182. The number of hydrogen-bond acceptors (Lipinski definition) is 6. The van der Waals surface area contributed by atoms with Crippen LogP contribution in [0.5, 0.6) is 0 Å². The van der Waals surface area contributed by atoms with Crippen molar-refractivity contribution in [2.75, 3.05) is 18.4 Å². The van der Waals surface area contributed by atoms with Crippen molar-refractivity contribution in [2.24, 2.45) is 0 Å². The lowest BCUT2D eigenvalue weighted by atomic mass is 10.1. The first-order chi connectivity index (χ1) is 11.8. The van der Waals surface area contributed by atoms with Gasteiger partial charge in [0, 0.05) is 18.1 Å². The van der Waals surface area contributed by atoms with Crippen molar-refractivity contribution in [3.8, 4) is 10.6 Å². The Bertz CT molecular complexity index is 823. The minimum Gasteiger partial charge on any atom is -0.315 e. The molecule has 0 aromatic carbocycles. The Labute approximate surface area is 159 Å². The molecule has 4 heterocycles. The summed E-state index contributed by atoms with van der Waals surface area (Å²) in [7, 11) is 0. The molecule has 9 heteroatoms. The average molecular weight is 396 g/mol. The fraction of sp³-hybridized carbons (Fsp3) is 0.312. The van der Waals surface area contributed by atoms with Crippen LogP contribution in [0.1, 0.15) is 29.4 Å². The van der Waals surface area contributed by atoms with Crippen LogP contribution in [-0.4, -0.2) is 33.8 Å². The fourth-order valence-corrected chi connectivity index (χ4v) is 4.22. The van der Waals surface area contributed by atoms with Crippen LogP contribution in [-0.2, 0) is 0 Å². The van der Waals surface area contributed by atoms with Crippen LogP contribution in [0, 0.1) is 0 Å². The van der Waals surface area contributed by atoms with Gasteiger partial charge in [-0.1, -0.05) is 6.07 Å². The van der Waals surface area contributed by atoms with Crippen molar-refractivity contribution in [1.82, 2.24) is 20.1 Å². The highest BCUT2D eigenvalue weighted by Crippen LogP contribution is 2.28. The van der Waals surface area contributed by atoms with Crippen LogP contribution in [0.25, 0.3) is 10.6 Å². The molecule has 3 aromatic heterocycles. The number of thiazole rings is 1. The van der Waals surface area contributed by atoms with Gasteiger partial charge >= 0.3 is 0 Å². The van der Waals surface area contributed by atoms with Gasteiger partial charge in [0.15, 0.2) is 10.8 Å². The lowest BCUT2D eigenvalue weighted by molar-refractivity contribution is 0.102. The molecule has 6 nitrogen and oxygen atoms in total. The van der Waals surface area contributed by atoms with E-state index in [0.717, 1.165) is 36.5 Å². The summed E-state index contributed by atoms with van der Waals surface area (Å²) in [5, 5.41) is 15.2. The van der Waals surface area contributed by atoms with Gasteiger partial charge in [-0.15, -0.1) is 35.1 Å². The summed E-state index contributed by atoms with van der Waals surface area (Å²) in [6, 6.07) is 6.10. The number of nitrogens with zero attached hydrogens (tertiary/aromatic N) is 3. The van der Waals surface area contributed by atoms with Gasteiger partial charge in [-0.3, -0.25) is 14.8 Å². The Morgan fingerprint density at radius 3 is 3.04 bits per heavy atom. The molecule has 0 saturated carbocycles. The van der Waals surface area contributed by atoms with Crippen molar-refractivity contribution in [3.05, 3.63) is 40.8 Å². The van der Waals surface area contributed by atoms with Crippen molar-refractivity contribution >= 4 is 46.1 Å². The second-order valence-electron chi connectivity index (χ2n) is 5.65. The maximum Gasteiger partial charge on any atom is 0.277 e. The number of anilines is 1. The zero-order chi connectivity index (χ0) is 16.4. The van der Waals surface area contributed by atoms with E-state index >= 15 is 0 Å². The number of piperidine rings is 1. The van der Waals surface area contributed by atoms with E-state index < -0.39 is 0 Å². The lowest BCUT2D eigenvalue weighted by Crippen LogP contribution is -2.32. The van der Waals surface area contributed by atoms with E-state index in [0.29, 0.717) is 16.9 Å². The van der Waals surface area contributed by atoms with Crippen LogP contribution < -0.4 is 10.6 Å². The summed E-state index contributed by atoms with van der Waals surface area (Å²) in [5.41, 5.74) is 1.32. The minimum absolute atomic E-state index is 0. The van der Waals surface area contributed by atoms with Crippen LogP contribution in [0.3, 0.4) is 0 Å². The van der Waals surface area contributed by atoms with Crippen LogP contribution in [0.4, 0.5) is 5.13 Å². The Kier molecular flexibility index (Phi) is 5.85. The molecule has 0 radical (unpaired) electrons. The molecule has 1 amide bonds. The molecule has 1 atom stereocenters. The van der Waals surface area contributed by atoms with Crippen molar-refractivity contribution in [1.29, 1.82) is 0 Å². The van der Waals surface area contributed by atoms with Crippen LogP contribution >= 0.6 is 35.1 Å². The zero-order valence-corrected chi connectivity index (χ0v) is 15.8. The number of halogens is 1. The van der Waals surface area contributed by atoms with Gasteiger partial charge in [0.1, 0.15) is 0 Å². The van der Waals surface area contributed by atoms with E-state index in [1.54, 1.807) is 17.4 Å². The van der Waals surface area contributed by atoms with E-state index in [4.69, 9.17) is 0 Å². The normalized spacial score (nSPS) is 17.0. The topological polar surface area (TPSA) is 71.8 Å². The molecule has 3 aromatic rings. The van der Waals surface area contributed by atoms with Crippen molar-refractivity contribution in [3.63, 3.8) is 0 Å². The van der Waals surface area contributed by atoms with Gasteiger partial charge in [-0.25, -0.2) is 4.98 Å². The predicted octanol–water partition coefficient (Wildman–Crippen LogP) is 3.67. The molecule has 1 aliphatic rings. The van der Waals surface area contributed by atoms with Gasteiger partial charge in [0.05, 0.1) is 16.6 Å². The third-order valence-electron chi connectivity index (χ3n) is 3.98. The van der Waals surface area contributed by atoms with E-state index in [9.17, 15) is 4.79 Å². The standard InChI is InChI=1S/C16H17N5OS2.ClH/c22-15(12-5-7-21(20-12)11-3-1-6-17-9-11)19-16-18-13(10-24-16)14-4-2-8-23-14;/h2,4-5,7-8,10-11,17H,1,3,6,9H2,(H,18,19,22);1H. The molecule has 0 spiro atoms. The van der Waals surface area contributed by atoms with Gasteiger partial charge in [0.2, 0.25) is 0 Å². The molecular formula is C16H18ClN5OS2. The lowest BCUT2D eigenvalue weighted by Gasteiger charge is -2.22. The van der Waals surface area contributed by atoms with E-state index in [1.165, 1.54) is 11.3 Å². The van der Waals surface area contributed by atoms with Gasteiger partial charge in [-0.05, 0) is 36.9 Å². The third-order valence-corrected chi connectivity index (χ3v) is 5.63. The first-order valence-corrected chi connectivity index (χ1v) is 9.62. The van der Waals surface area contributed by atoms with Gasteiger partial charge < -0.3 is 5.32 Å². The highest BCUT2D eigenvalue weighted by molar-refractivity contribution is 7.16. The Morgan fingerprint density at radius 1 is 1.36 bits per heavy atom. The number of rotatable bonds is 4. The molecule has 1 aliphatic heterocycles. The molecule has 25 heavy (non-hydrogen) atoms. The Morgan fingerprint density at radius 2 is 2.28 bits per heavy atom. The monoisotopic (exact) mass is 395 g/mol. The molecule has 0 bridgehead atoms. The van der Waals surface area contributed by atoms with Crippen LogP contribution in [0.15, 0.2) is 35.2 Å². The van der Waals surface area contributed by atoms with Crippen LogP contribution in [0.2, 0.25) is 0 Å². The second-order valence-corrected chi connectivity index (χ2v) is 7.46. The highest BCUT2D eigenvalue weighted by atomic mass is 35.5. The summed E-state index contributed by atoms with van der Waals surface area (Å²) < 4.78 is 1.89. The quantitative estimate of drug-likeness (QED) is 0.707. The molecule has 132 valence electrons. The first-order valence-electron chi connectivity index (χ1n) is 7.86. The van der Waals surface area contributed by atoms with Gasteiger partial charge in [0.25, 0.3) is 5.91 Å². The number of amides is 1. The summed E-state index contributed by atoms with van der Waals surface area (Å²) in [6.45, 7) is 1.96. The molecule has 2 N–H and O–H groups in total. The SMILES string of the molecule is Cl.O=C(Nc1nc(-c2cccs2)cs1)c1ccn(C2CCCNC2)n1. The molecular weight excluding hydrogens is 378 g/mol. The number of carbonyl (C=O) groups is 1. The molecule has 1 unspecified atom stereocenters. The molecule has 1 saturated heterocycles. The predicted molar refractivity (Wildman–Crippen MR) is 104 cm³/mol. The third kappa shape index (κ3) is 4.09. The van der Waals surface area contributed by atoms with E-state index in [2.05, 4.69) is 20.7 Å². The maximum atomic E-state index is 12.4. The average Bonchev–Trinajstić information content (AvgIpc) is 3.36. The molecule has 0 aliphatic carbocycles. The zero-order valence-electron chi connectivity index (χ0n) is 13.3. The van der Waals surface area contributed by atoms with Gasteiger partial charge in [-0.2, -0.15) is 5.10 Å². The number of hydrogen-bond donors (Lipinski definition) is 2. The molecule has 1 fully saturated rings. The minimum atomic E-state index is -0.218. The number of thiophene rings is 1. The maximum absolute atomic E-state index is 12.4. The van der Waals surface area contributed by atoms with E-state index in [-0.39, 0.29) is 18.3 Å². The Hall–Kier alpha value is -1.74. The summed E-state index contributed by atoms with van der Waals surface area (Å²) >= 11 is 3.06. The fourth-order valence-electron chi connectivity index (χ4n) is 2.75. The van der Waals surface area contributed by atoms with E-state index in [1.807, 2.05) is 33.8 Å². The van der Waals surface area contributed by atoms with Crippen molar-refractivity contribution < 1.29 is 4.79 Å². The first kappa shape index (κ1) is 18.1. The summed E-state index contributed by atoms with van der Waals surface area (Å²) in [6.07, 6.45) is 4.11. The van der Waals surface area contributed by atoms with Crippen molar-refractivity contribution in [2.45, 2.75) is 18.9 Å². The number of nitrogens with one attached hydrogen (secondary N) is 2. The number of carbonyl (C=O) groups excluding carboxylic acids is 1. The summed E-state index contributed by atoms with van der Waals surface area (Å²) in [5.74, 6) is -0.218.